The maximum Gasteiger partial charge on any atom is 0.414 e. The van der Waals surface area contributed by atoms with Crippen molar-refractivity contribution in [2.75, 3.05) is 21.2 Å². The molecule has 1 aromatic heterocycles. The van der Waals surface area contributed by atoms with Crippen LogP contribution >= 0.6 is 0 Å². The summed E-state index contributed by atoms with van der Waals surface area (Å²) in [6.07, 6.45) is -0.543. The lowest BCUT2D eigenvalue weighted by molar-refractivity contribution is 0.0600. The van der Waals surface area contributed by atoms with Crippen LogP contribution in [0.1, 0.15) is 16.1 Å². The molecule has 8 nitrogen and oxygen atoms in total. The van der Waals surface area contributed by atoms with Gasteiger partial charge in [-0.3, -0.25) is 4.79 Å². The molecule has 1 amide bonds. The predicted molar refractivity (Wildman–Crippen MR) is 105 cm³/mol. The number of methoxy groups -OCH3 is 1. The average Bonchev–Trinajstić information content (AvgIpc) is 2.70. The number of nitrogens with zero attached hydrogens (tertiary/aromatic N) is 1. The van der Waals surface area contributed by atoms with Crippen LogP contribution in [-0.2, 0) is 4.74 Å². The highest BCUT2D eigenvalue weighted by molar-refractivity contribution is 5.89. The first-order valence-electron chi connectivity index (χ1n) is 8.63. The molecule has 0 unspecified atom stereocenters. The number of amides is 1. The molecule has 3 rings (SSSR count). The highest BCUT2D eigenvalue weighted by Gasteiger charge is 2.16. The maximum absolute atomic E-state index is 12.8. The highest BCUT2D eigenvalue weighted by atomic mass is 16.6. The Morgan fingerprint density at radius 3 is 2.28 bits per heavy atom. The van der Waals surface area contributed by atoms with Gasteiger partial charge in [-0.2, -0.15) is 0 Å². The molecular weight excluding hydrogens is 378 g/mol. The van der Waals surface area contributed by atoms with Crippen LogP contribution in [0, 0.1) is 6.92 Å². The summed E-state index contributed by atoms with van der Waals surface area (Å²) in [5, 5.41) is 0.279. The Bertz CT molecular complexity index is 1130. The van der Waals surface area contributed by atoms with E-state index in [0.717, 1.165) is 0 Å². The first-order valence-corrected chi connectivity index (χ1v) is 8.63. The van der Waals surface area contributed by atoms with Gasteiger partial charge in [0.05, 0.1) is 18.1 Å². The normalized spacial score (nSPS) is 10.5. The van der Waals surface area contributed by atoms with Crippen LogP contribution in [0.15, 0.2) is 51.7 Å². The van der Waals surface area contributed by atoms with Crippen molar-refractivity contribution >= 4 is 23.0 Å². The standard InChI is InChI=1S/C21H19NO7/c1-12-19(28-14-7-5-13(6-8-14)20(24)26-4)18(23)16-10-9-15(11-17(16)27-12)29-21(25)22(2)3/h5-11H,1-4H3. The summed E-state index contributed by atoms with van der Waals surface area (Å²) in [5.74, 6) is 0.440. The monoisotopic (exact) mass is 397 g/mol. The number of hydrogen-bond acceptors (Lipinski definition) is 7. The van der Waals surface area contributed by atoms with E-state index in [1.807, 2.05) is 0 Å². The number of aryl methyl sites for hydroxylation is 1. The van der Waals surface area contributed by atoms with E-state index in [-0.39, 0.29) is 33.7 Å². The molecule has 0 aliphatic heterocycles. The second-order valence-electron chi connectivity index (χ2n) is 6.35. The van der Waals surface area contributed by atoms with E-state index in [1.165, 1.54) is 42.3 Å². The van der Waals surface area contributed by atoms with Gasteiger partial charge in [0.2, 0.25) is 11.2 Å². The Labute approximate surface area is 166 Å². The molecule has 0 spiro atoms. The molecule has 29 heavy (non-hydrogen) atoms. The van der Waals surface area contributed by atoms with Gasteiger partial charge in [0, 0.05) is 20.2 Å². The van der Waals surface area contributed by atoms with Crippen LogP contribution < -0.4 is 14.9 Å². The third-order valence-electron chi connectivity index (χ3n) is 4.05. The van der Waals surface area contributed by atoms with Gasteiger partial charge < -0.3 is 23.5 Å². The first kappa shape index (κ1) is 19.9. The Morgan fingerprint density at radius 2 is 1.66 bits per heavy atom. The van der Waals surface area contributed by atoms with Gasteiger partial charge in [0.15, 0.2) is 0 Å². The van der Waals surface area contributed by atoms with Crippen molar-refractivity contribution in [2.24, 2.45) is 0 Å². The Kier molecular flexibility index (Phi) is 5.54. The van der Waals surface area contributed by atoms with E-state index >= 15 is 0 Å². The lowest BCUT2D eigenvalue weighted by Gasteiger charge is -2.12. The third kappa shape index (κ3) is 4.21. The topological polar surface area (TPSA) is 95.3 Å². The van der Waals surface area contributed by atoms with Crippen molar-refractivity contribution in [3.63, 3.8) is 0 Å². The second-order valence-corrected chi connectivity index (χ2v) is 6.35. The zero-order chi connectivity index (χ0) is 21.1. The van der Waals surface area contributed by atoms with Gasteiger partial charge in [-0.1, -0.05) is 0 Å². The van der Waals surface area contributed by atoms with Crippen molar-refractivity contribution in [1.82, 2.24) is 4.90 Å². The molecule has 0 bridgehead atoms. The Hall–Kier alpha value is -3.81. The van der Waals surface area contributed by atoms with Crippen molar-refractivity contribution in [3.8, 4) is 17.2 Å². The first-order chi connectivity index (χ1) is 13.8. The number of carbonyl (C=O) groups is 2. The number of rotatable bonds is 4. The molecule has 3 aromatic rings. The third-order valence-corrected chi connectivity index (χ3v) is 4.05. The largest absolute Gasteiger partial charge is 0.465 e. The molecule has 0 saturated carbocycles. The average molecular weight is 397 g/mol. The number of esters is 1. The molecule has 0 aliphatic rings. The fraction of sp³-hybridized carbons (Fsp3) is 0.190. The quantitative estimate of drug-likeness (QED) is 0.619. The Balaban J connectivity index is 1.92. The molecule has 150 valence electrons. The van der Waals surface area contributed by atoms with Crippen LogP contribution in [0.2, 0.25) is 0 Å². The minimum absolute atomic E-state index is 0.0290. The number of carbonyl (C=O) groups excluding carboxylic acids is 2. The van der Waals surface area contributed by atoms with Gasteiger partial charge in [-0.25, -0.2) is 9.59 Å². The molecule has 0 atom stereocenters. The van der Waals surface area contributed by atoms with Gasteiger partial charge in [-0.05, 0) is 43.3 Å². The van der Waals surface area contributed by atoms with E-state index in [9.17, 15) is 14.4 Å². The summed E-state index contributed by atoms with van der Waals surface area (Å²) < 4.78 is 21.2. The number of benzene rings is 2. The van der Waals surface area contributed by atoms with Gasteiger partial charge in [-0.15, -0.1) is 0 Å². The lowest BCUT2D eigenvalue weighted by Crippen LogP contribution is -2.25. The summed E-state index contributed by atoms with van der Waals surface area (Å²) in [5.41, 5.74) is 0.262. The van der Waals surface area contributed by atoms with Crippen molar-refractivity contribution in [2.45, 2.75) is 6.92 Å². The summed E-state index contributed by atoms with van der Waals surface area (Å²) in [7, 11) is 4.42. The SMILES string of the molecule is COC(=O)c1ccc(Oc2c(C)oc3cc(OC(=O)N(C)C)ccc3c2=O)cc1. The summed E-state index contributed by atoms with van der Waals surface area (Å²) in [4.78, 5) is 37.3. The van der Waals surface area contributed by atoms with Crippen molar-refractivity contribution < 1.29 is 28.2 Å². The maximum atomic E-state index is 12.8. The number of ether oxygens (including phenoxy) is 3. The molecule has 8 heteroatoms. The zero-order valence-corrected chi connectivity index (χ0v) is 16.3. The summed E-state index contributed by atoms with van der Waals surface area (Å²) >= 11 is 0. The molecule has 1 heterocycles. The van der Waals surface area contributed by atoms with Gasteiger partial charge in [0.1, 0.15) is 22.8 Å². The highest BCUT2D eigenvalue weighted by Crippen LogP contribution is 2.27. The van der Waals surface area contributed by atoms with E-state index in [0.29, 0.717) is 11.3 Å². The van der Waals surface area contributed by atoms with E-state index in [4.69, 9.17) is 13.9 Å². The smallest absolute Gasteiger partial charge is 0.414 e. The van der Waals surface area contributed by atoms with Crippen LogP contribution in [0.4, 0.5) is 4.79 Å². The van der Waals surface area contributed by atoms with Crippen LogP contribution in [0.5, 0.6) is 17.2 Å². The van der Waals surface area contributed by atoms with Crippen LogP contribution in [0.3, 0.4) is 0 Å². The Morgan fingerprint density at radius 1 is 1.00 bits per heavy atom. The van der Waals surface area contributed by atoms with Crippen molar-refractivity contribution in [1.29, 1.82) is 0 Å². The fourth-order valence-electron chi connectivity index (χ4n) is 2.54. The molecule has 0 saturated heterocycles. The molecule has 0 N–H and O–H groups in total. The van der Waals surface area contributed by atoms with E-state index in [1.54, 1.807) is 33.2 Å². The number of fused-ring (bicyclic) bond motifs is 1. The second kappa shape index (κ2) is 8.05. The van der Waals surface area contributed by atoms with Gasteiger partial charge in [0.25, 0.3) is 0 Å². The molecule has 0 aliphatic carbocycles. The number of hydrogen-bond donors (Lipinski definition) is 0. The zero-order valence-electron chi connectivity index (χ0n) is 16.3. The fourth-order valence-corrected chi connectivity index (χ4v) is 2.54. The van der Waals surface area contributed by atoms with Crippen LogP contribution in [-0.4, -0.2) is 38.2 Å². The van der Waals surface area contributed by atoms with Crippen molar-refractivity contribution in [3.05, 3.63) is 64.0 Å². The predicted octanol–water partition coefficient (Wildman–Crippen LogP) is 3.74. The minimum Gasteiger partial charge on any atom is -0.465 e. The summed E-state index contributed by atoms with van der Waals surface area (Å²) in [6.45, 7) is 1.59. The minimum atomic E-state index is -0.543. The molecule has 0 fully saturated rings. The molecular formula is C21H19NO7. The van der Waals surface area contributed by atoms with Gasteiger partial charge >= 0.3 is 12.1 Å². The molecule has 0 radical (unpaired) electrons. The van der Waals surface area contributed by atoms with E-state index < -0.39 is 12.1 Å². The van der Waals surface area contributed by atoms with Crippen LogP contribution in [0.25, 0.3) is 11.0 Å². The lowest BCUT2D eigenvalue weighted by atomic mass is 10.2. The molecule has 2 aromatic carbocycles. The van der Waals surface area contributed by atoms with E-state index in [2.05, 4.69) is 4.74 Å². The summed E-state index contributed by atoms with van der Waals surface area (Å²) in [6, 6.07) is 10.7.